The molecule has 0 aromatic carbocycles. The maximum Gasteiger partial charge on any atom is 0.274 e. The minimum Gasteiger partial charge on any atom is -0.342 e. The van der Waals surface area contributed by atoms with Gasteiger partial charge in [-0.15, -0.1) is 23.7 Å². The number of halogens is 1. The van der Waals surface area contributed by atoms with E-state index in [4.69, 9.17) is 5.73 Å². The number of rotatable bonds is 2. The van der Waals surface area contributed by atoms with Gasteiger partial charge in [-0.25, -0.2) is 4.98 Å². The van der Waals surface area contributed by atoms with Crippen LogP contribution in [0, 0.1) is 0 Å². The smallest absolute Gasteiger partial charge is 0.274 e. The first-order chi connectivity index (χ1) is 8.87. The van der Waals surface area contributed by atoms with Crippen molar-refractivity contribution in [1.29, 1.82) is 0 Å². The first kappa shape index (κ1) is 16.9. The van der Waals surface area contributed by atoms with Crippen LogP contribution in [0.1, 0.15) is 29.3 Å². The summed E-state index contributed by atoms with van der Waals surface area (Å²) >= 11 is 1.36. The number of carbonyl (C=O) groups is 2. The number of thiazole rings is 1. The van der Waals surface area contributed by atoms with Crippen LogP contribution in [0.3, 0.4) is 0 Å². The molecule has 2 rings (SSSR count). The van der Waals surface area contributed by atoms with Gasteiger partial charge in [0, 0.05) is 32.1 Å². The molecule has 0 saturated carbocycles. The molecule has 0 atom stereocenters. The summed E-state index contributed by atoms with van der Waals surface area (Å²) in [6.45, 7) is 4.91. The first-order valence-electron chi connectivity index (χ1n) is 6.10. The van der Waals surface area contributed by atoms with Gasteiger partial charge < -0.3 is 15.5 Å². The van der Waals surface area contributed by atoms with E-state index in [1.165, 1.54) is 11.3 Å². The van der Waals surface area contributed by atoms with Crippen molar-refractivity contribution in [1.82, 2.24) is 14.8 Å². The SMILES string of the molecule is CN1CCN(C(=O)c2csc(CN)n2)C(C)(C)C1=O.Cl. The molecule has 6 nitrogen and oxygen atoms in total. The molecule has 0 unspecified atom stereocenters. The number of aromatic nitrogens is 1. The van der Waals surface area contributed by atoms with Crippen LogP contribution in [0.2, 0.25) is 0 Å². The highest BCUT2D eigenvalue weighted by Crippen LogP contribution is 2.24. The van der Waals surface area contributed by atoms with Crippen molar-refractivity contribution in [3.8, 4) is 0 Å². The van der Waals surface area contributed by atoms with Crippen LogP contribution < -0.4 is 5.73 Å². The van der Waals surface area contributed by atoms with E-state index in [2.05, 4.69) is 4.98 Å². The van der Waals surface area contributed by atoms with E-state index in [9.17, 15) is 9.59 Å². The maximum absolute atomic E-state index is 12.5. The van der Waals surface area contributed by atoms with Gasteiger partial charge in [-0.1, -0.05) is 0 Å². The Hall–Kier alpha value is -1.18. The third-order valence-corrected chi connectivity index (χ3v) is 4.27. The minimum atomic E-state index is -0.837. The highest BCUT2D eigenvalue weighted by molar-refractivity contribution is 7.09. The molecule has 0 bridgehead atoms. The second-order valence-corrected chi connectivity index (χ2v) is 6.02. The lowest BCUT2D eigenvalue weighted by molar-refractivity contribution is -0.144. The Balaban J connectivity index is 0.00000200. The molecule has 2 heterocycles. The number of likely N-dealkylation sites (N-methyl/N-ethyl adjacent to an activating group) is 1. The quantitative estimate of drug-likeness (QED) is 0.871. The van der Waals surface area contributed by atoms with Gasteiger partial charge in [0.1, 0.15) is 16.2 Å². The summed E-state index contributed by atoms with van der Waals surface area (Å²) in [5, 5.41) is 2.42. The molecule has 20 heavy (non-hydrogen) atoms. The molecule has 1 fully saturated rings. The molecule has 112 valence electrons. The van der Waals surface area contributed by atoms with Crippen LogP contribution in [0.25, 0.3) is 0 Å². The zero-order chi connectivity index (χ0) is 14.2. The van der Waals surface area contributed by atoms with Crippen LogP contribution in [-0.2, 0) is 11.3 Å². The van der Waals surface area contributed by atoms with Crippen LogP contribution in [0.15, 0.2) is 5.38 Å². The van der Waals surface area contributed by atoms with Gasteiger partial charge in [-0.3, -0.25) is 9.59 Å². The Morgan fingerprint density at radius 2 is 2.15 bits per heavy atom. The second-order valence-electron chi connectivity index (χ2n) is 5.07. The Morgan fingerprint density at radius 3 is 2.70 bits per heavy atom. The fourth-order valence-electron chi connectivity index (χ4n) is 2.21. The Bertz CT molecular complexity index is 517. The molecule has 1 aromatic rings. The molecule has 1 aromatic heterocycles. The molecule has 1 aliphatic heterocycles. The summed E-state index contributed by atoms with van der Waals surface area (Å²) < 4.78 is 0. The average molecular weight is 319 g/mol. The lowest BCUT2D eigenvalue weighted by Gasteiger charge is -2.44. The van der Waals surface area contributed by atoms with Gasteiger partial charge in [0.05, 0.1) is 0 Å². The number of hydrogen-bond acceptors (Lipinski definition) is 5. The monoisotopic (exact) mass is 318 g/mol. The topological polar surface area (TPSA) is 79.5 Å². The van der Waals surface area contributed by atoms with Crippen LogP contribution >= 0.6 is 23.7 Å². The number of amides is 2. The molecular formula is C12H19ClN4O2S. The van der Waals surface area contributed by atoms with Gasteiger partial charge in [-0.2, -0.15) is 0 Å². The van der Waals surface area contributed by atoms with Crippen LogP contribution in [0.4, 0.5) is 0 Å². The first-order valence-corrected chi connectivity index (χ1v) is 6.98. The van der Waals surface area contributed by atoms with E-state index >= 15 is 0 Å². The van der Waals surface area contributed by atoms with E-state index in [1.54, 1.807) is 36.1 Å². The molecule has 0 spiro atoms. The van der Waals surface area contributed by atoms with Gasteiger partial charge >= 0.3 is 0 Å². The fourth-order valence-corrected chi connectivity index (χ4v) is 2.86. The predicted octanol–water partition coefficient (Wildman–Crippen LogP) is 0.716. The fraction of sp³-hybridized carbons (Fsp3) is 0.583. The molecule has 0 aliphatic carbocycles. The number of piperazine rings is 1. The largest absolute Gasteiger partial charge is 0.342 e. The summed E-state index contributed by atoms with van der Waals surface area (Å²) in [5.41, 5.74) is 5.03. The summed E-state index contributed by atoms with van der Waals surface area (Å²) in [5.74, 6) is -0.260. The minimum absolute atomic E-state index is 0. The lowest BCUT2D eigenvalue weighted by atomic mass is 9.97. The molecule has 8 heteroatoms. The van der Waals surface area contributed by atoms with Crippen molar-refractivity contribution in [3.05, 3.63) is 16.1 Å². The zero-order valence-corrected chi connectivity index (χ0v) is 13.4. The van der Waals surface area contributed by atoms with Gasteiger partial charge in [0.2, 0.25) is 5.91 Å². The van der Waals surface area contributed by atoms with Gasteiger partial charge in [0.25, 0.3) is 5.91 Å². The molecule has 1 aliphatic rings. The second kappa shape index (κ2) is 6.07. The van der Waals surface area contributed by atoms with Crippen molar-refractivity contribution in [2.24, 2.45) is 5.73 Å². The zero-order valence-electron chi connectivity index (χ0n) is 11.8. The van der Waals surface area contributed by atoms with E-state index < -0.39 is 5.54 Å². The maximum atomic E-state index is 12.5. The Labute approximate surface area is 128 Å². The summed E-state index contributed by atoms with van der Waals surface area (Å²) in [4.78, 5) is 32.0. The molecule has 0 radical (unpaired) electrons. The van der Waals surface area contributed by atoms with Crippen molar-refractivity contribution >= 4 is 35.6 Å². The molecular weight excluding hydrogens is 300 g/mol. The summed E-state index contributed by atoms with van der Waals surface area (Å²) in [6.07, 6.45) is 0. The number of carbonyl (C=O) groups excluding carboxylic acids is 2. The normalized spacial score (nSPS) is 17.9. The Kier molecular flexibility index (Phi) is 5.12. The lowest BCUT2D eigenvalue weighted by Crippen LogP contribution is -2.63. The number of nitrogens with zero attached hydrogens (tertiary/aromatic N) is 3. The van der Waals surface area contributed by atoms with Crippen molar-refractivity contribution < 1.29 is 9.59 Å². The van der Waals surface area contributed by atoms with Gasteiger partial charge in [0.15, 0.2) is 0 Å². The average Bonchev–Trinajstić information content (AvgIpc) is 2.84. The molecule has 2 amide bonds. The van der Waals surface area contributed by atoms with E-state index in [1.807, 2.05) is 0 Å². The predicted molar refractivity (Wildman–Crippen MR) is 80.0 cm³/mol. The third kappa shape index (κ3) is 2.79. The standard InChI is InChI=1S/C12H18N4O2S.ClH/c1-12(2)11(18)15(3)4-5-16(12)10(17)8-7-19-9(6-13)14-8;/h7H,4-6,13H2,1-3H3;1H. The molecule has 1 saturated heterocycles. The van der Waals surface area contributed by atoms with Crippen LogP contribution in [0.5, 0.6) is 0 Å². The number of nitrogens with two attached hydrogens (primary N) is 1. The van der Waals surface area contributed by atoms with E-state index in [-0.39, 0.29) is 24.2 Å². The van der Waals surface area contributed by atoms with Crippen molar-refractivity contribution in [2.45, 2.75) is 25.9 Å². The highest BCUT2D eigenvalue weighted by Gasteiger charge is 2.43. The van der Waals surface area contributed by atoms with Gasteiger partial charge in [-0.05, 0) is 13.8 Å². The van der Waals surface area contributed by atoms with Crippen LogP contribution in [-0.4, -0.2) is 52.3 Å². The van der Waals surface area contributed by atoms with E-state index in [0.717, 1.165) is 5.01 Å². The third-order valence-electron chi connectivity index (χ3n) is 3.39. The van der Waals surface area contributed by atoms with E-state index in [0.29, 0.717) is 25.3 Å². The Morgan fingerprint density at radius 1 is 1.50 bits per heavy atom. The highest BCUT2D eigenvalue weighted by atomic mass is 35.5. The number of hydrogen-bond donors (Lipinski definition) is 1. The summed E-state index contributed by atoms with van der Waals surface area (Å²) in [6, 6.07) is 0. The summed E-state index contributed by atoms with van der Waals surface area (Å²) in [7, 11) is 1.75. The molecule has 2 N–H and O–H groups in total. The van der Waals surface area contributed by atoms with Crippen molar-refractivity contribution in [2.75, 3.05) is 20.1 Å². The van der Waals surface area contributed by atoms with Crippen molar-refractivity contribution in [3.63, 3.8) is 0 Å².